The predicted octanol–water partition coefficient (Wildman–Crippen LogP) is 2.73. The van der Waals surface area contributed by atoms with Crippen molar-refractivity contribution in [1.29, 1.82) is 0 Å². The molecule has 0 amide bonds. The zero-order valence-corrected chi connectivity index (χ0v) is 14.1. The molecule has 1 saturated heterocycles. The number of hydrogen-bond donors (Lipinski definition) is 2. The maximum absolute atomic E-state index is 10.3. The van der Waals surface area contributed by atoms with Crippen LogP contribution in [-0.4, -0.2) is 40.8 Å². The molecule has 24 heavy (non-hydrogen) atoms. The van der Waals surface area contributed by atoms with Crippen molar-refractivity contribution >= 4 is 0 Å². The average Bonchev–Trinajstić information content (AvgIpc) is 2.98. The van der Waals surface area contributed by atoms with Gasteiger partial charge in [0.1, 0.15) is 0 Å². The van der Waals surface area contributed by atoms with Crippen LogP contribution in [0.4, 0.5) is 0 Å². The van der Waals surface area contributed by atoms with E-state index in [0.717, 1.165) is 25.1 Å². The predicted molar refractivity (Wildman–Crippen MR) is 96.4 cm³/mol. The molecule has 128 valence electrons. The number of nitrogens with two attached hydrogens (primary N) is 1. The Bertz CT molecular complexity index is 605. The molecular weight excluding hydrogens is 298 g/mol. The highest BCUT2D eigenvalue weighted by Crippen LogP contribution is 2.25. The van der Waals surface area contributed by atoms with Crippen LogP contribution in [0.25, 0.3) is 0 Å². The van der Waals surface area contributed by atoms with Crippen molar-refractivity contribution in [2.45, 2.75) is 25.6 Å². The van der Waals surface area contributed by atoms with Crippen molar-refractivity contribution in [2.24, 2.45) is 11.7 Å². The summed E-state index contributed by atoms with van der Waals surface area (Å²) in [5.41, 5.74) is 8.43. The summed E-state index contributed by atoms with van der Waals surface area (Å²) in [6.45, 7) is 3.86. The van der Waals surface area contributed by atoms with Crippen LogP contribution in [0.3, 0.4) is 0 Å². The molecule has 3 N–H and O–H groups in total. The second-order valence-corrected chi connectivity index (χ2v) is 6.74. The molecule has 2 aromatic rings. The molecule has 4 nitrogen and oxygen atoms in total. The van der Waals surface area contributed by atoms with Crippen molar-refractivity contribution in [1.82, 2.24) is 9.96 Å². The summed E-state index contributed by atoms with van der Waals surface area (Å²) in [6, 6.07) is 21.0. The Morgan fingerprint density at radius 3 is 2.25 bits per heavy atom. The van der Waals surface area contributed by atoms with Crippen molar-refractivity contribution in [3.63, 3.8) is 0 Å². The number of hydroxylamine groups is 2. The largest absolute Gasteiger partial charge is 0.329 e. The number of benzene rings is 2. The highest BCUT2D eigenvalue weighted by Gasteiger charge is 2.31. The molecule has 1 aliphatic heterocycles. The van der Waals surface area contributed by atoms with Gasteiger partial charge in [-0.1, -0.05) is 60.7 Å². The Labute approximate surface area is 144 Å². The van der Waals surface area contributed by atoms with Crippen molar-refractivity contribution in [2.75, 3.05) is 19.6 Å². The molecule has 0 spiro atoms. The van der Waals surface area contributed by atoms with Gasteiger partial charge in [0.2, 0.25) is 0 Å². The lowest BCUT2D eigenvalue weighted by atomic mass is 10.1. The zero-order valence-electron chi connectivity index (χ0n) is 14.1. The molecule has 0 radical (unpaired) electrons. The summed E-state index contributed by atoms with van der Waals surface area (Å²) < 4.78 is 0. The number of rotatable bonds is 7. The van der Waals surface area contributed by atoms with E-state index in [2.05, 4.69) is 29.2 Å². The highest BCUT2D eigenvalue weighted by molar-refractivity contribution is 5.15. The first kappa shape index (κ1) is 17.1. The van der Waals surface area contributed by atoms with Crippen molar-refractivity contribution in [3.8, 4) is 0 Å². The first-order valence-electron chi connectivity index (χ1n) is 8.70. The summed E-state index contributed by atoms with van der Waals surface area (Å²) in [4.78, 5) is 2.45. The van der Waals surface area contributed by atoms with Crippen LogP contribution in [-0.2, 0) is 13.1 Å². The average molecular weight is 325 g/mol. The fraction of sp³-hybridized carbons (Fsp3) is 0.400. The van der Waals surface area contributed by atoms with Crippen LogP contribution >= 0.6 is 0 Å². The Morgan fingerprint density at radius 1 is 1.00 bits per heavy atom. The fourth-order valence-corrected chi connectivity index (χ4v) is 3.64. The molecule has 0 bridgehead atoms. The monoisotopic (exact) mass is 325 g/mol. The van der Waals surface area contributed by atoms with Crippen molar-refractivity contribution < 1.29 is 5.21 Å². The van der Waals surface area contributed by atoms with E-state index in [1.807, 2.05) is 36.4 Å². The summed E-state index contributed by atoms with van der Waals surface area (Å²) in [7, 11) is 0. The Morgan fingerprint density at radius 2 is 1.62 bits per heavy atom. The molecule has 2 aromatic carbocycles. The van der Waals surface area contributed by atoms with Gasteiger partial charge in [0.15, 0.2) is 0 Å². The highest BCUT2D eigenvalue weighted by atomic mass is 16.5. The van der Waals surface area contributed by atoms with Crippen LogP contribution in [0.1, 0.15) is 17.5 Å². The second-order valence-electron chi connectivity index (χ2n) is 6.74. The minimum absolute atomic E-state index is 0.403. The lowest BCUT2D eigenvalue weighted by molar-refractivity contribution is -0.109. The van der Waals surface area contributed by atoms with Gasteiger partial charge in [0.05, 0.1) is 0 Å². The Kier molecular flexibility index (Phi) is 5.99. The van der Waals surface area contributed by atoms with E-state index in [-0.39, 0.29) is 0 Å². The summed E-state index contributed by atoms with van der Waals surface area (Å²) >= 11 is 0. The SMILES string of the molecule is NC[C@@H]1C[C@@H](CN(O)Cc2ccccc2)CN1Cc1ccccc1. The molecule has 1 aliphatic rings. The molecule has 1 fully saturated rings. The van der Waals surface area contributed by atoms with Gasteiger partial charge in [0, 0.05) is 38.8 Å². The van der Waals surface area contributed by atoms with E-state index >= 15 is 0 Å². The number of nitrogens with zero attached hydrogens (tertiary/aromatic N) is 2. The topological polar surface area (TPSA) is 52.7 Å². The quantitative estimate of drug-likeness (QED) is 0.769. The molecular formula is C20H27N3O. The maximum Gasteiger partial charge on any atom is 0.0488 e. The van der Waals surface area contributed by atoms with E-state index in [1.54, 1.807) is 0 Å². The van der Waals surface area contributed by atoms with Crippen LogP contribution in [0.15, 0.2) is 60.7 Å². The molecule has 0 aliphatic carbocycles. The molecule has 0 unspecified atom stereocenters. The lowest BCUT2D eigenvalue weighted by Gasteiger charge is -2.23. The summed E-state index contributed by atoms with van der Waals surface area (Å²) in [5.74, 6) is 0.455. The smallest absolute Gasteiger partial charge is 0.0488 e. The van der Waals surface area contributed by atoms with Gasteiger partial charge in [-0.3, -0.25) is 4.90 Å². The second kappa shape index (κ2) is 8.40. The standard InChI is InChI=1S/C20H27N3O/c21-12-20-11-19(14-22(20)13-17-7-3-1-4-8-17)16-23(24)15-18-9-5-2-6-10-18/h1-10,19-20,24H,11-16,21H2/t19-,20+/m1/s1. The van der Waals surface area contributed by atoms with Crippen LogP contribution in [0, 0.1) is 5.92 Å². The van der Waals surface area contributed by atoms with Crippen molar-refractivity contribution in [3.05, 3.63) is 71.8 Å². The summed E-state index contributed by atoms with van der Waals surface area (Å²) in [5, 5.41) is 11.7. The fourth-order valence-electron chi connectivity index (χ4n) is 3.64. The molecule has 4 heteroatoms. The molecule has 0 saturated carbocycles. The normalized spacial score (nSPS) is 21.5. The Balaban J connectivity index is 1.53. The Hall–Kier alpha value is -1.72. The number of hydrogen-bond acceptors (Lipinski definition) is 4. The minimum Gasteiger partial charge on any atom is -0.329 e. The van der Waals surface area contributed by atoms with Gasteiger partial charge < -0.3 is 10.9 Å². The zero-order chi connectivity index (χ0) is 16.8. The molecule has 3 rings (SSSR count). The first-order valence-corrected chi connectivity index (χ1v) is 8.70. The van der Waals surface area contributed by atoms with Gasteiger partial charge in [-0.15, -0.1) is 0 Å². The summed E-state index contributed by atoms with van der Waals surface area (Å²) in [6.07, 6.45) is 1.05. The van der Waals surface area contributed by atoms with E-state index in [0.29, 0.717) is 31.6 Å². The van der Waals surface area contributed by atoms with Gasteiger partial charge in [-0.25, -0.2) is 0 Å². The third kappa shape index (κ3) is 4.65. The van der Waals surface area contributed by atoms with Crippen LogP contribution in [0.5, 0.6) is 0 Å². The van der Waals surface area contributed by atoms with Gasteiger partial charge in [-0.2, -0.15) is 5.06 Å². The van der Waals surface area contributed by atoms with E-state index in [1.165, 1.54) is 10.6 Å². The van der Waals surface area contributed by atoms with Crippen LogP contribution < -0.4 is 5.73 Å². The van der Waals surface area contributed by atoms with E-state index < -0.39 is 0 Å². The van der Waals surface area contributed by atoms with E-state index in [9.17, 15) is 5.21 Å². The molecule has 0 aromatic heterocycles. The molecule has 2 atom stereocenters. The van der Waals surface area contributed by atoms with Gasteiger partial charge >= 0.3 is 0 Å². The van der Waals surface area contributed by atoms with Crippen LogP contribution in [0.2, 0.25) is 0 Å². The van der Waals surface area contributed by atoms with Gasteiger partial charge in [0.25, 0.3) is 0 Å². The van der Waals surface area contributed by atoms with Gasteiger partial charge in [-0.05, 0) is 23.5 Å². The third-order valence-electron chi connectivity index (χ3n) is 4.79. The third-order valence-corrected chi connectivity index (χ3v) is 4.79. The molecule has 1 heterocycles. The lowest BCUT2D eigenvalue weighted by Crippen LogP contribution is -2.35. The maximum atomic E-state index is 10.3. The first-order chi connectivity index (χ1) is 11.7. The minimum atomic E-state index is 0.403. The van der Waals surface area contributed by atoms with E-state index in [4.69, 9.17) is 5.73 Å². The number of likely N-dealkylation sites (tertiary alicyclic amines) is 1.